The fraction of sp³-hybridized carbons (Fsp3) is 0.333. The van der Waals surface area contributed by atoms with Crippen LogP contribution >= 0.6 is 11.3 Å². The SMILES string of the molecule is N=C(N)n1nc(-c2ccsc2)c2c1NCCCC2. The Balaban J connectivity index is 2.17. The lowest BCUT2D eigenvalue weighted by molar-refractivity contribution is 0.781. The Morgan fingerprint density at radius 3 is 3.11 bits per heavy atom. The van der Waals surface area contributed by atoms with Crippen molar-refractivity contribution in [3.8, 4) is 11.3 Å². The van der Waals surface area contributed by atoms with Gasteiger partial charge in [-0.05, 0) is 30.7 Å². The Hall–Kier alpha value is -1.82. The smallest absolute Gasteiger partial charge is 0.215 e. The van der Waals surface area contributed by atoms with Gasteiger partial charge in [-0.25, -0.2) is 0 Å². The molecule has 0 aliphatic carbocycles. The zero-order valence-electron chi connectivity index (χ0n) is 9.94. The van der Waals surface area contributed by atoms with Gasteiger partial charge in [0.05, 0.1) is 5.69 Å². The standard InChI is InChI=1S/C12H15N5S/c13-12(14)17-11-9(3-1-2-5-15-11)10(16-17)8-4-6-18-7-8/h4,6-7,15H,1-3,5H2,(H3,13,14). The Kier molecular flexibility index (Phi) is 2.79. The second-order valence-electron chi connectivity index (χ2n) is 4.37. The van der Waals surface area contributed by atoms with Crippen LogP contribution in [-0.2, 0) is 6.42 Å². The molecular weight excluding hydrogens is 246 g/mol. The lowest BCUT2D eigenvalue weighted by atomic mass is 10.1. The molecule has 0 bridgehead atoms. The molecule has 0 saturated heterocycles. The maximum absolute atomic E-state index is 7.63. The Morgan fingerprint density at radius 1 is 1.50 bits per heavy atom. The van der Waals surface area contributed by atoms with Crippen molar-refractivity contribution in [1.82, 2.24) is 9.78 Å². The van der Waals surface area contributed by atoms with Crippen LogP contribution in [0.2, 0.25) is 0 Å². The van der Waals surface area contributed by atoms with E-state index in [2.05, 4.69) is 21.9 Å². The van der Waals surface area contributed by atoms with Crippen molar-refractivity contribution in [2.45, 2.75) is 19.3 Å². The number of rotatable bonds is 1. The van der Waals surface area contributed by atoms with Crippen molar-refractivity contribution in [2.24, 2.45) is 5.73 Å². The molecule has 2 aromatic rings. The Bertz CT molecular complexity index is 570. The van der Waals surface area contributed by atoms with Crippen molar-refractivity contribution < 1.29 is 0 Å². The summed E-state index contributed by atoms with van der Waals surface area (Å²) in [6.45, 7) is 0.912. The van der Waals surface area contributed by atoms with Gasteiger partial charge in [0.15, 0.2) is 0 Å². The van der Waals surface area contributed by atoms with Gasteiger partial charge in [-0.15, -0.1) is 0 Å². The third-order valence-corrected chi connectivity index (χ3v) is 3.84. The van der Waals surface area contributed by atoms with Gasteiger partial charge in [0.2, 0.25) is 5.96 Å². The summed E-state index contributed by atoms with van der Waals surface area (Å²) < 4.78 is 1.51. The first kappa shape index (κ1) is 11.3. The van der Waals surface area contributed by atoms with Crippen LogP contribution < -0.4 is 11.1 Å². The summed E-state index contributed by atoms with van der Waals surface area (Å²) in [5.41, 5.74) is 8.85. The monoisotopic (exact) mass is 261 g/mol. The van der Waals surface area contributed by atoms with Gasteiger partial charge in [-0.3, -0.25) is 5.41 Å². The summed E-state index contributed by atoms with van der Waals surface area (Å²) in [5, 5.41) is 19.6. The van der Waals surface area contributed by atoms with E-state index >= 15 is 0 Å². The molecule has 0 atom stereocenters. The van der Waals surface area contributed by atoms with Crippen molar-refractivity contribution in [3.63, 3.8) is 0 Å². The summed E-state index contributed by atoms with van der Waals surface area (Å²) in [7, 11) is 0. The molecule has 5 nitrogen and oxygen atoms in total. The zero-order valence-corrected chi connectivity index (χ0v) is 10.8. The summed E-state index contributed by atoms with van der Waals surface area (Å²) >= 11 is 1.65. The first-order chi connectivity index (χ1) is 8.77. The van der Waals surface area contributed by atoms with Gasteiger partial charge in [0.1, 0.15) is 5.82 Å². The number of hydrogen-bond acceptors (Lipinski definition) is 4. The average Bonchev–Trinajstić information content (AvgIpc) is 2.91. The summed E-state index contributed by atoms with van der Waals surface area (Å²) in [6.07, 6.45) is 3.26. The highest BCUT2D eigenvalue weighted by atomic mass is 32.1. The van der Waals surface area contributed by atoms with E-state index in [0.717, 1.165) is 42.9 Å². The number of fused-ring (bicyclic) bond motifs is 1. The topological polar surface area (TPSA) is 79.7 Å². The molecule has 0 saturated carbocycles. The van der Waals surface area contributed by atoms with Crippen LogP contribution in [0, 0.1) is 5.41 Å². The van der Waals surface area contributed by atoms with E-state index in [1.807, 2.05) is 5.38 Å². The molecule has 0 aromatic carbocycles. The highest BCUT2D eigenvalue weighted by Gasteiger charge is 2.21. The molecule has 0 fully saturated rings. The second kappa shape index (κ2) is 4.45. The number of hydrogen-bond donors (Lipinski definition) is 3. The van der Waals surface area contributed by atoms with Crippen LogP contribution in [0.5, 0.6) is 0 Å². The number of nitrogen functional groups attached to an aromatic ring is 1. The van der Waals surface area contributed by atoms with Crippen LogP contribution in [0.1, 0.15) is 18.4 Å². The molecule has 94 valence electrons. The maximum Gasteiger partial charge on any atom is 0.215 e. The number of nitrogens with one attached hydrogen (secondary N) is 2. The number of aromatic nitrogens is 2. The van der Waals surface area contributed by atoms with E-state index in [-0.39, 0.29) is 5.96 Å². The molecule has 4 N–H and O–H groups in total. The molecule has 1 aliphatic heterocycles. The first-order valence-electron chi connectivity index (χ1n) is 6.00. The number of nitrogens with two attached hydrogens (primary N) is 1. The molecule has 3 heterocycles. The Morgan fingerprint density at radius 2 is 2.39 bits per heavy atom. The highest BCUT2D eigenvalue weighted by molar-refractivity contribution is 7.08. The second-order valence-corrected chi connectivity index (χ2v) is 5.15. The molecule has 6 heteroatoms. The first-order valence-corrected chi connectivity index (χ1v) is 6.94. The third kappa shape index (κ3) is 1.78. The van der Waals surface area contributed by atoms with Gasteiger partial charge in [0, 0.05) is 23.1 Å². The molecule has 3 rings (SSSR count). The largest absolute Gasteiger partial charge is 0.370 e. The van der Waals surface area contributed by atoms with E-state index in [4.69, 9.17) is 11.1 Å². The fourth-order valence-electron chi connectivity index (χ4n) is 2.31. The van der Waals surface area contributed by atoms with Crippen LogP contribution in [0.15, 0.2) is 16.8 Å². The van der Waals surface area contributed by atoms with Crippen molar-refractivity contribution in [3.05, 3.63) is 22.4 Å². The zero-order chi connectivity index (χ0) is 12.5. The summed E-state index contributed by atoms with van der Waals surface area (Å²) in [4.78, 5) is 0. The normalized spacial score (nSPS) is 14.7. The van der Waals surface area contributed by atoms with Crippen molar-refractivity contribution in [2.75, 3.05) is 11.9 Å². The van der Waals surface area contributed by atoms with Crippen LogP contribution in [0.25, 0.3) is 11.3 Å². The highest BCUT2D eigenvalue weighted by Crippen LogP contribution is 2.32. The molecule has 0 radical (unpaired) electrons. The van der Waals surface area contributed by atoms with Gasteiger partial charge < -0.3 is 11.1 Å². The van der Waals surface area contributed by atoms with Crippen LogP contribution in [0.4, 0.5) is 5.82 Å². The van der Waals surface area contributed by atoms with Gasteiger partial charge in [0.25, 0.3) is 0 Å². The predicted octanol–water partition coefficient (Wildman–Crippen LogP) is 2.10. The number of thiophene rings is 1. The molecule has 0 spiro atoms. The predicted molar refractivity (Wildman–Crippen MR) is 74.3 cm³/mol. The lowest BCUT2D eigenvalue weighted by Crippen LogP contribution is -2.24. The summed E-state index contributed by atoms with van der Waals surface area (Å²) in [5.74, 6) is 0.850. The molecular formula is C12H15N5S. The van der Waals surface area contributed by atoms with E-state index in [1.54, 1.807) is 11.3 Å². The van der Waals surface area contributed by atoms with Gasteiger partial charge in [-0.1, -0.05) is 0 Å². The van der Waals surface area contributed by atoms with Crippen LogP contribution in [-0.4, -0.2) is 22.3 Å². The third-order valence-electron chi connectivity index (χ3n) is 3.15. The average molecular weight is 261 g/mol. The fourth-order valence-corrected chi connectivity index (χ4v) is 2.95. The molecule has 2 aromatic heterocycles. The quantitative estimate of drug-likeness (QED) is 0.543. The maximum atomic E-state index is 7.63. The Labute approximate surface area is 109 Å². The van der Waals surface area contributed by atoms with E-state index in [9.17, 15) is 0 Å². The molecule has 0 unspecified atom stereocenters. The van der Waals surface area contributed by atoms with Crippen molar-refractivity contribution >= 4 is 23.1 Å². The van der Waals surface area contributed by atoms with E-state index in [0.29, 0.717) is 0 Å². The molecule has 18 heavy (non-hydrogen) atoms. The van der Waals surface area contributed by atoms with Crippen molar-refractivity contribution in [1.29, 1.82) is 5.41 Å². The summed E-state index contributed by atoms with van der Waals surface area (Å²) in [6, 6.07) is 2.06. The minimum atomic E-state index is -0.0397. The van der Waals surface area contributed by atoms with Gasteiger partial charge in [-0.2, -0.15) is 21.1 Å². The minimum absolute atomic E-state index is 0.0397. The molecule has 0 amide bonds. The van der Waals surface area contributed by atoms with E-state index in [1.165, 1.54) is 10.2 Å². The van der Waals surface area contributed by atoms with Gasteiger partial charge >= 0.3 is 0 Å². The lowest BCUT2D eigenvalue weighted by Gasteiger charge is -2.06. The van der Waals surface area contributed by atoms with Crippen LogP contribution in [0.3, 0.4) is 0 Å². The number of anilines is 1. The molecule has 1 aliphatic rings. The van der Waals surface area contributed by atoms with E-state index < -0.39 is 0 Å². The number of nitrogens with zero attached hydrogens (tertiary/aromatic N) is 2. The minimum Gasteiger partial charge on any atom is -0.370 e.